The smallest absolute Gasteiger partial charge is 0.309 e. The number of hydrogen-bond donors (Lipinski definition) is 1. The molecule has 0 amide bonds. The Labute approximate surface area is 100 Å². The second-order valence-corrected chi connectivity index (χ2v) is 3.95. The van der Waals surface area contributed by atoms with Crippen molar-refractivity contribution in [3.05, 3.63) is 35.9 Å². The maximum absolute atomic E-state index is 11.4. The summed E-state index contributed by atoms with van der Waals surface area (Å²) in [5, 5.41) is 9.14. The number of carboxylic acid groups (broad SMARTS) is 1. The van der Waals surface area contributed by atoms with Crippen LogP contribution in [0.5, 0.6) is 0 Å². The van der Waals surface area contributed by atoms with Gasteiger partial charge in [0.1, 0.15) is 0 Å². The molecule has 4 heteroatoms. The van der Waals surface area contributed by atoms with E-state index in [-0.39, 0.29) is 0 Å². The van der Waals surface area contributed by atoms with Crippen LogP contribution in [0.4, 0.5) is 0 Å². The molecule has 1 rings (SSSR count). The highest BCUT2D eigenvalue weighted by Crippen LogP contribution is 2.19. The Morgan fingerprint density at radius 3 is 2.35 bits per heavy atom. The van der Waals surface area contributed by atoms with E-state index >= 15 is 0 Å². The van der Waals surface area contributed by atoms with Crippen LogP contribution in [-0.2, 0) is 20.7 Å². The van der Waals surface area contributed by atoms with Gasteiger partial charge in [0.25, 0.3) is 0 Å². The molecule has 2 atom stereocenters. The number of hydrogen-bond acceptors (Lipinski definition) is 3. The lowest BCUT2D eigenvalue weighted by molar-refractivity contribution is -0.155. The SMILES string of the molecule is COC(=O)[C@H](C)[C@H](Cc1ccccc1)C(=O)O. The molecule has 0 radical (unpaired) electrons. The van der Waals surface area contributed by atoms with Crippen molar-refractivity contribution < 1.29 is 19.4 Å². The van der Waals surface area contributed by atoms with Crippen molar-refractivity contribution in [2.24, 2.45) is 11.8 Å². The summed E-state index contributed by atoms with van der Waals surface area (Å²) in [6.45, 7) is 1.58. The normalized spacial score (nSPS) is 13.8. The molecule has 0 saturated heterocycles. The lowest BCUT2D eigenvalue weighted by Crippen LogP contribution is -2.30. The summed E-state index contributed by atoms with van der Waals surface area (Å²) in [6, 6.07) is 9.25. The fraction of sp³-hybridized carbons (Fsp3) is 0.385. The predicted octanol–water partition coefficient (Wildman–Crippen LogP) is 1.74. The lowest BCUT2D eigenvalue weighted by Gasteiger charge is -2.18. The minimum atomic E-state index is -0.980. The van der Waals surface area contributed by atoms with E-state index in [9.17, 15) is 9.59 Å². The summed E-state index contributed by atoms with van der Waals surface area (Å²) in [5.41, 5.74) is 0.899. The van der Waals surface area contributed by atoms with Crippen molar-refractivity contribution >= 4 is 11.9 Å². The van der Waals surface area contributed by atoms with Crippen LogP contribution in [-0.4, -0.2) is 24.2 Å². The van der Waals surface area contributed by atoms with Crippen molar-refractivity contribution in [1.82, 2.24) is 0 Å². The number of ether oxygens (including phenoxy) is 1. The molecule has 0 saturated carbocycles. The van der Waals surface area contributed by atoms with Crippen molar-refractivity contribution in [3.63, 3.8) is 0 Å². The highest BCUT2D eigenvalue weighted by atomic mass is 16.5. The molecule has 0 aliphatic rings. The average Bonchev–Trinajstić information content (AvgIpc) is 2.35. The molecule has 1 aromatic rings. The third kappa shape index (κ3) is 3.59. The standard InChI is InChI=1S/C13H16O4/c1-9(13(16)17-2)11(12(14)15)8-10-6-4-3-5-7-10/h3-7,9,11H,8H2,1-2H3,(H,14,15)/t9-,11+/m1/s1. The Morgan fingerprint density at radius 2 is 1.88 bits per heavy atom. The van der Waals surface area contributed by atoms with Crippen LogP contribution in [0.2, 0.25) is 0 Å². The Kier molecular flexibility index (Phi) is 4.69. The average molecular weight is 236 g/mol. The number of rotatable bonds is 5. The third-order valence-electron chi connectivity index (χ3n) is 2.79. The van der Waals surface area contributed by atoms with E-state index in [1.54, 1.807) is 6.92 Å². The highest BCUT2D eigenvalue weighted by Gasteiger charge is 2.30. The number of methoxy groups -OCH3 is 1. The van der Waals surface area contributed by atoms with E-state index in [4.69, 9.17) is 5.11 Å². The minimum absolute atomic E-state index is 0.326. The van der Waals surface area contributed by atoms with Crippen LogP contribution in [0.25, 0.3) is 0 Å². The predicted molar refractivity (Wildman–Crippen MR) is 62.5 cm³/mol. The molecular formula is C13H16O4. The molecule has 1 N–H and O–H groups in total. The Hall–Kier alpha value is -1.84. The zero-order valence-electron chi connectivity index (χ0n) is 9.92. The molecule has 92 valence electrons. The van der Waals surface area contributed by atoms with Crippen molar-refractivity contribution in [2.45, 2.75) is 13.3 Å². The van der Waals surface area contributed by atoms with Gasteiger partial charge in [-0.15, -0.1) is 0 Å². The molecule has 17 heavy (non-hydrogen) atoms. The summed E-state index contributed by atoms with van der Waals surface area (Å²) < 4.78 is 4.58. The van der Waals surface area contributed by atoms with Gasteiger partial charge in [0.15, 0.2) is 0 Å². The Balaban J connectivity index is 2.81. The van der Waals surface area contributed by atoms with Gasteiger partial charge in [-0.1, -0.05) is 37.3 Å². The van der Waals surface area contributed by atoms with Crippen molar-refractivity contribution in [2.75, 3.05) is 7.11 Å². The van der Waals surface area contributed by atoms with E-state index < -0.39 is 23.8 Å². The summed E-state index contributed by atoms with van der Waals surface area (Å²) in [4.78, 5) is 22.5. The Bertz CT molecular complexity index is 386. The molecule has 0 aromatic heterocycles. The fourth-order valence-electron chi connectivity index (χ4n) is 1.70. The van der Waals surface area contributed by atoms with E-state index in [1.807, 2.05) is 30.3 Å². The molecule has 0 heterocycles. The number of benzene rings is 1. The fourth-order valence-corrected chi connectivity index (χ4v) is 1.70. The lowest BCUT2D eigenvalue weighted by atomic mass is 9.88. The Morgan fingerprint density at radius 1 is 1.29 bits per heavy atom. The van der Waals surface area contributed by atoms with Crippen molar-refractivity contribution in [1.29, 1.82) is 0 Å². The maximum Gasteiger partial charge on any atom is 0.309 e. The monoisotopic (exact) mass is 236 g/mol. The molecule has 0 unspecified atom stereocenters. The first-order valence-electron chi connectivity index (χ1n) is 5.40. The number of aliphatic carboxylic acids is 1. The first-order valence-corrected chi connectivity index (χ1v) is 5.40. The quantitative estimate of drug-likeness (QED) is 0.791. The van der Waals surface area contributed by atoms with Crippen LogP contribution >= 0.6 is 0 Å². The van der Waals surface area contributed by atoms with E-state index in [1.165, 1.54) is 7.11 Å². The zero-order chi connectivity index (χ0) is 12.8. The topological polar surface area (TPSA) is 63.6 Å². The van der Waals surface area contributed by atoms with Crippen LogP contribution in [0, 0.1) is 11.8 Å². The number of carbonyl (C=O) groups is 2. The van der Waals surface area contributed by atoms with Crippen LogP contribution in [0.3, 0.4) is 0 Å². The third-order valence-corrected chi connectivity index (χ3v) is 2.79. The number of carboxylic acids is 1. The largest absolute Gasteiger partial charge is 0.481 e. The number of carbonyl (C=O) groups excluding carboxylic acids is 1. The van der Waals surface area contributed by atoms with Gasteiger partial charge < -0.3 is 9.84 Å². The van der Waals surface area contributed by atoms with Crippen molar-refractivity contribution in [3.8, 4) is 0 Å². The molecule has 0 aliphatic heterocycles. The molecule has 0 bridgehead atoms. The summed E-state index contributed by atoms with van der Waals surface area (Å²) in [5.74, 6) is -2.89. The van der Waals surface area contributed by atoms with Crippen LogP contribution < -0.4 is 0 Å². The zero-order valence-corrected chi connectivity index (χ0v) is 9.92. The molecule has 0 fully saturated rings. The van der Waals surface area contributed by atoms with Gasteiger partial charge in [0.2, 0.25) is 0 Å². The first-order chi connectivity index (χ1) is 8.06. The summed E-state index contributed by atoms with van der Waals surface area (Å²) in [7, 11) is 1.26. The molecule has 0 aliphatic carbocycles. The number of esters is 1. The second-order valence-electron chi connectivity index (χ2n) is 3.95. The van der Waals surface area contributed by atoms with Crippen LogP contribution in [0.15, 0.2) is 30.3 Å². The van der Waals surface area contributed by atoms with Gasteiger partial charge in [0.05, 0.1) is 18.9 Å². The van der Waals surface area contributed by atoms with E-state index in [2.05, 4.69) is 4.74 Å². The van der Waals surface area contributed by atoms with E-state index in [0.29, 0.717) is 6.42 Å². The second kappa shape index (κ2) is 6.03. The highest BCUT2D eigenvalue weighted by molar-refractivity contribution is 5.80. The first kappa shape index (κ1) is 13.2. The van der Waals surface area contributed by atoms with Gasteiger partial charge in [-0.2, -0.15) is 0 Å². The van der Waals surface area contributed by atoms with Gasteiger partial charge in [-0.05, 0) is 12.0 Å². The summed E-state index contributed by atoms with van der Waals surface area (Å²) in [6.07, 6.45) is 0.326. The maximum atomic E-state index is 11.4. The van der Waals surface area contributed by atoms with Gasteiger partial charge in [-0.3, -0.25) is 9.59 Å². The molecule has 0 spiro atoms. The van der Waals surface area contributed by atoms with Gasteiger partial charge in [0, 0.05) is 0 Å². The molecule has 1 aromatic carbocycles. The van der Waals surface area contributed by atoms with Gasteiger partial charge >= 0.3 is 11.9 Å². The molecular weight excluding hydrogens is 220 g/mol. The van der Waals surface area contributed by atoms with Gasteiger partial charge in [-0.25, -0.2) is 0 Å². The van der Waals surface area contributed by atoms with Crippen LogP contribution in [0.1, 0.15) is 12.5 Å². The molecule has 4 nitrogen and oxygen atoms in total. The summed E-state index contributed by atoms with van der Waals surface area (Å²) >= 11 is 0. The van der Waals surface area contributed by atoms with E-state index in [0.717, 1.165) is 5.56 Å². The minimum Gasteiger partial charge on any atom is -0.481 e.